The summed E-state index contributed by atoms with van der Waals surface area (Å²) < 4.78 is 19.4. The minimum absolute atomic E-state index is 0.0465. The van der Waals surface area contributed by atoms with Gasteiger partial charge in [-0.25, -0.2) is 14.4 Å². The van der Waals surface area contributed by atoms with Crippen LogP contribution < -0.4 is 10.6 Å². The molecule has 2 heterocycles. The largest absolute Gasteiger partial charge is 0.460 e. The van der Waals surface area contributed by atoms with Crippen molar-refractivity contribution in [2.24, 2.45) is 0 Å². The van der Waals surface area contributed by atoms with Gasteiger partial charge in [-0.2, -0.15) is 0 Å². The van der Waals surface area contributed by atoms with Gasteiger partial charge in [-0.3, -0.25) is 0 Å². The zero-order valence-corrected chi connectivity index (χ0v) is 17.1. The number of hydrogen-bond acceptors (Lipinski definition) is 5. The normalized spacial score (nSPS) is 11.4. The Morgan fingerprint density at radius 1 is 1.10 bits per heavy atom. The molecule has 0 aliphatic rings. The van der Waals surface area contributed by atoms with Crippen LogP contribution in [-0.2, 0) is 6.54 Å². The van der Waals surface area contributed by atoms with Crippen molar-refractivity contribution in [3.63, 3.8) is 0 Å². The number of aromatic nitrogens is 2. The molecule has 2 N–H and O–H groups in total. The average molecular weight is 423 g/mol. The third-order valence-electron chi connectivity index (χ3n) is 4.56. The first-order valence-electron chi connectivity index (χ1n) is 9.52. The van der Waals surface area contributed by atoms with Crippen LogP contribution in [-0.4, -0.2) is 16.5 Å². The van der Waals surface area contributed by atoms with Crippen molar-refractivity contribution >= 4 is 34.0 Å². The zero-order chi connectivity index (χ0) is 20.9. The zero-order valence-electron chi connectivity index (χ0n) is 16.3. The van der Waals surface area contributed by atoms with Crippen LogP contribution in [0.3, 0.4) is 0 Å². The Morgan fingerprint density at radius 3 is 2.83 bits per heavy atom. The van der Waals surface area contributed by atoms with Gasteiger partial charge in [0.2, 0.25) is 0 Å². The summed E-state index contributed by atoms with van der Waals surface area (Å²) in [6, 6.07) is 14.2. The molecule has 0 aliphatic heterocycles. The van der Waals surface area contributed by atoms with E-state index in [1.54, 1.807) is 6.07 Å². The fraction of sp³-hybridized carbons (Fsp3) is 0.130. The minimum Gasteiger partial charge on any atom is -0.460 e. The minimum atomic E-state index is -0.467. The van der Waals surface area contributed by atoms with Crippen LogP contribution in [0.1, 0.15) is 12.7 Å². The molecule has 0 spiro atoms. The van der Waals surface area contributed by atoms with Gasteiger partial charge in [0.1, 0.15) is 29.5 Å². The Labute approximate surface area is 178 Å². The van der Waals surface area contributed by atoms with Crippen LogP contribution in [0.2, 0.25) is 5.02 Å². The molecule has 0 amide bonds. The van der Waals surface area contributed by atoms with Crippen molar-refractivity contribution in [2.75, 3.05) is 11.9 Å². The van der Waals surface area contributed by atoms with Crippen molar-refractivity contribution in [1.29, 1.82) is 0 Å². The number of benzene rings is 2. The number of hydrogen-bond donors (Lipinski definition) is 2. The molecule has 5 nitrogen and oxygen atoms in total. The lowest BCUT2D eigenvalue weighted by molar-refractivity contribution is 0.502. The SMILES string of the molecule is C/C=C/CNCc1ccc(-c2ccc3ncnc(Nc4ccc(F)c(Cl)c4)c3c2)o1. The maximum absolute atomic E-state index is 13.4. The molecule has 0 saturated carbocycles. The van der Waals surface area contributed by atoms with Crippen molar-refractivity contribution in [3.8, 4) is 11.3 Å². The highest BCUT2D eigenvalue weighted by atomic mass is 35.5. The molecule has 4 aromatic rings. The van der Waals surface area contributed by atoms with E-state index >= 15 is 0 Å². The second-order valence-corrected chi connectivity index (χ2v) is 7.08. The molecular formula is C23H20ClFN4O. The van der Waals surface area contributed by atoms with Crippen LogP contribution >= 0.6 is 11.6 Å². The molecule has 2 aromatic carbocycles. The van der Waals surface area contributed by atoms with E-state index in [4.69, 9.17) is 16.0 Å². The summed E-state index contributed by atoms with van der Waals surface area (Å²) in [6.45, 7) is 3.44. The standard InChI is InChI=1S/C23H20ClFN4O/c1-2-3-10-26-13-17-6-9-22(30-17)15-4-8-21-18(11-15)23(28-14-27-21)29-16-5-7-20(25)19(24)12-16/h2-9,11-12,14,26H,10,13H2,1H3,(H,27,28,29)/b3-2+. The Kier molecular flexibility index (Phi) is 6.07. The monoisotopic (exact) mass is 422 g/mol. The fourth-order valence-corrected chi connectivity index (χ4v) is 3.23. The predicted molar refractivity (Wildman–Crippen MR) is 118 cm³/mol. The quantitative estimate of drug-likeness (QED) is 0.278. The summed E-state index contributed by atoms with van der Waals surface area (Å²) in [5.74, 6) is 1.76. The molecule has 0 fully saturated rings. The first-order valence-corrected chi connectivity index (χ1v) is 9.89. The number of nitrogens with one attached hydrogen (secondary N) is 2. The van der Waals surface area contributed by atoms with Gasteiger partial charge in [-0.15, -0.1) is 0 Å². The van der Waals surface area contributed by atoms with E-state index in [0.717, 1.165) is 34.5 Å². The first-order chi connectivity index (χ1) is 14.6. The summed E-state index contributed by atoms with van der Waals surface area (Å²) >= 11 is 5.89. The van der Waals surface area contributed by atoms with Crippen molar-refractivity contribution in [3.05, 3.63) is 83.6 Å². The van der Waals surface area contributed by atoms with E-state index in [-0.39, 0.29) is 5.02 Å². The van der Waals surface area contributed by atoms with Gasteiger partial charge in [-0.05, 0) is 55.5 Å². The van der Waals surface area contributed by atoms with Gasteiger partial charge in [0.05, 0.1) is 17.1 Å². The Hall–Kier alpha value is -3.22. The summed E-state index contributed by atoms with van der Waals surface area (Å²) in [7, 11) is 0. The molecule has 152 valence electrons. The molecule has 7 heteroatoms. The highest BCUT2D eigenvalue weighted by molar-refractivity contribution is 6.31. The lowest BCUT2D eigenvalue weighted by atomic mass is 10.1. The molecule has 0 atom stereocenters. The summed E-state index contributed by atoms with van der Waals surface area (Å²) in [5, 5.41) is 7.35. The van der Waals surface area contributed by atoms with E-state index in [1.165, 1.54) is 18.5 Å². The van der Waals surface area contributed by atoms with Gasteiger partial charge in [0.25, 0.3) is 0 Å². The van der Waals surface area contributed by atoms with E-state index in [2.05, 4.69) is 26.7 Å². The Morgan fingerprint density at radius 2 is 2.00 bits per heavy atom. The number of furan rings is 1. The highest BCUT2D eigenvalue weighted by Gasteiger charge is 2.10. The summed E-state index contributed by atoms with van der Waals surface area (Å²) in [5.41, 5.74) is 2.33. The van der Waals surface area contributed by atoms with E-state index in [0.29, 0.717) is 18.1 Å². The van der Waals surface area contributed by atoms with Gasteiger partial charge in [-0.1, -0.05) is 23.8 Å². The molecule has 30 heavy (non-hydrogen) atoms. The molecule has 0 bridgehead atoms. The van der Waals surface area contributed by atoms with Gasteiger partial charge < -0.3 is 15.1 Å². The van der Waals surface area contributed by atoms with Crippen molar-refractivity contribution in [1.82, 2.24) is 15.3 Å². The third kappa shape index (κ3) is 4.50. The van der Waals surface area contributed by atoms with Crippen LogP contribution in [0.25, 0.3) is 22.2 Å². The second-order valence-electron chi connectivity index (χ2n) is 6.67. The number of fused-ring (bicyclic) bond motifs is 1. The maximum atomic E-state index is 13.4. The van der Waals surface area contributed by atoms with Crippen LogP contribution in [0.4, 0.5) is 15.9 Å². The molecule has 0 aliphatic carbocycles. The smallest absolute Gasteiger partial charge is 0.141 e. The molecule has 4 rings (SSSR count). The number of rotatable bonds is 7. The number of allylic oxidation sites excluding steroid dienone is 1. The lowest BCUT2D eigenvalue weighted by Crippen LogP contribution is -2.11. The molecule has 2 aromatic heterocycles. The number of halogens is 2. The van der Waals surface area contributed by atoms with Gasteiger partial charge in [0, 0.05) is 23.2 Å². The van der Waals surface area contributed by atoms with Crippen LogP contribution in [0.5, 0.6) is 0 Å². The number of anilines is 2. The molecular weight excluding hydrogens is 403 g/mol. The number of nitrogens with zero attached hydrogens (tertiary/aromatic N) is 2. The maximum Gasteiger partial charge on any atom is 0.141 e. The average Bonchev–Trinajstić information content (AvgIpc) is 3.23. The molecule has 0 saturated heterocycles. The highest BCUT2D eigenvalue weighted by Crippen LogP contribution is 2.30. The first kappa shape index (κ1) is 20.1. The van der Waals surface area contributed by atoms with Gasteiger partial charge in [0.15, 0.2) is 0 Å². The third-order valence-corrected chi connectivity index (χ3v) is 4.85. The van der Waals surface area contributed by atoms with Gasteiger partial charge >= 0.3 is 0 Å². The molecule has 0 unspecified atom stereocenters. The summed E-state index contributed by atoms with van der Waals surface area (Å²) in [6.07, 6.45) is 5.54. The van der Waals surface area contributed by atoms with E-state index in [9.17, 15) is 4.39 Å². The molecule has 0 radical (unpaired) electrons. The van der Waals surface area contributed by atoms with Crippen molar-refractivity contribution in [2.45, 2.75) is 13.5 Å². The topological polar surface area (TPSA) is 63.0 Å². The van der Waals surface area contributed by atoms with E-state index < -0.39 is 5.82 Å². The lowest BCUT2D eigenvalue weighted by Gasteiger charge is -2.10. The van der Waals surface area contributed by atoms with E-state index in [1.807, 2.05) is 43.3 Å². The second kappa shape index (κ2) is 9.07. The fourth-order valence-electron chi connectivity index (χ4n) is 3.04. The predicted octanol–water partition coefficient (Wildman–Crippen LogP) is 6.09. The van der Waals surface area contributed by atoms with Crippen LogP contribution in [0.15, 0.2) is 71.4 Å². The summed E-state index contributed by atoms with van der Waals surface area (Å²) in [4.78, 5) is 8.68. The van der Waals surface area contributed by atoms with Crippen LogP contribution in [0, 0.1) is 5.82 Å². The Balaban J connectivity index is 1.61. The Bertz CT molecular complexity index is 1210. The van der Waals surface area contributed by atoms with Crippen molar-refractivity contribution < 1.29 is 8.81 Å².